The van der Waals surface area contributed by atoms with Crippen molar-refractivity contribution in [2.24, 2.45) is 5.73 Å². The van der Waals surface area contributed by atoms with Crippen LogP contribution >= 0.6 is 12.2 Å². The summed E-state index contributed by atoms with van der Waals surface area (Å²) in [6.45, 7) is 0. The van der Waals surface area contributed by atoms with Gasteiger partial charge in [-0.3, -0.25) is 0 Å². The second-order valence-corrected chi connectivity index (χ2v) is 4.22. The van der Waals surface area contributed by atoms with Crippen LogP contribution in [0.2, 0.25) is 0 Å². The summed E-state index contributed by atoms with van der Waals surface area (Å²) in [5.41, 5.74) is 6.79. The Balaban J connectivity index is 2.36. The maximum absolute atomic E-state index is 13.2. The van der Waals surface area contributed by atoms with Gasteiger partial charge in [-0.25, -0.2) is 9.37 Å². The first-order chi connectivity index (χ1) is 8.58. The van der Waals surface area contributed by atoms with E-state index in [4.69, 9.17) is 18.0 Å². The highest BCUT2D eigenvalue weighted by Crippen LogP contribution is 2.22. The van der Waals surface area contributed by atoms with Crippen molar-refractivity contribution in [2.75, 3.05) is 11.9 Å². The van der Waals surface area contributed by atoms with Crippen molar-refractivity contribution in [3.63, 3.8) is 0 Å². The van der Waals surface area contributed by atoms with Crippen molar-refractivity contribution in [3.05, 3.63) is 54.0 Å². The first-order valence-corrected chi connectivity index (χ1v) is 5.75. The summed E-state index contributed by atoms with van der Waals surface area (Å²) in [6, 6.07) is 11.7. The van der Waals surface area contributed by atoms with Gasteiger partial charge in [0.25, 0.3) is 0 Å². The lowest BCUT2D eigenvalue weighted by Crippen LogP contribution is -2.16. The van der Waals surface area contributed by atoms with Crippen LogP contribution in [0.25, 0.3) is 0 Å². The zero-order valence-corrected chi connectivity index (χ0v) is 10.6. The highest BCUT2D eigenvalue weighted by Gasteiger charge is 2.07. The molecule has 0 aliphatic rings. The summed E-state index contributed by atoms with van der Waals surface area (Å²) in [6.07, 6.45) is 0. The van der Waals surface area contributed by atoms with E-state index in [2.05, 4.69) is 4.98 Å². The van der Waals surface area contributed by atoms with E-state index in [1.807, 2.05) is 12.1 Å². The van der Waals surface area contributed by atoms with Crippen molar-refractivity contribution < 1.29 is 4.39 Å². The van der Waals surface area contributed by atoms with Gasteiger partial charge in [-0.05, 0) is 30.3 Å². The van der Waals surface area contributed by atoms with E-state index in [1.54, 1.807) is 30.1 Å². The summed E-state index contributed by atoms with van der Waals surface area (Å²) >= 11 is 4.88. The number of benzene rings is 1. The molecule has 0 atom stereocenters. The molecule has 0 fully saturated rings. The fourth-order valence-corrected chi connectivity index (χ4v) is 1.68. The van der Waals surface area contributed by atoms with Crippen LogP contribution in [0, 0.1) is 5.82 Å². The lowest BCUT2D eigenvalue weighted by Gasteiger charge is -2.18. The van der Waals surface area contributed by atoms with Crippen molar-refractivity contribution in [3.8, 4) is 0 Å². The first kappa shape index (κ1) is 12.4. The zero-order valence-electron chi connectivity index (χ0n) is 9.80. The molecule has 5 heteroatoms. The molecule has 0 radical (unpaired) electrons. The van der Waals surface area contributed by atoms with Crippen LogP contribution in [0.1, 0.15) is 5.69 Å². The van der Waals surface area contributed by atoms with Crippen LogP contribution in [0.3, 0.4) is 0 Å². The van der Waals surface area contributed by atoms with E-state index in [0.717, 1.165) is 0 Å². The minimum absolute atomic E-state index is 0.240. The minimum Gasteiger partial charge on any atom is -0.388 e. The highest BCUT2D eigenvalue weighted by molar-refractivity contribution is 7.80. The average Bonchev–Trinajstić information content (AvgIpc) is 2.38. The predicted octanol–water partition coefficient (Wildman–Crippen LogP) is 2.62. The Bertz CT molecular complexity index is 586. The van der Waals surface area contributed by atoms with Crippen LogP contribution < -0.4 is 10.6 Å². The molecular weight excluding hydrogens is 249 g/mol. The SMILES string of the molecule is CN(c1cccc(F)c1)c1cccc(C(N)=S)n1. The molecule has 0 aliphatic carbocycles. The largest absolute Gasteiger partial charge is 0.388 e. The molecule has 0 bridgehead atoms. The van der Waals surface area contributed by atoms with E-state index in [1.165, 1.54) is 12.1 Å². The Morgan fingerprint density at radius 3 is 2.67 bits per heavy atom. The molecule has 0 amide bonds. The Hall–Kier alpha value is -2.01. The third-order valence-electron chi connectivity index (χ3n) is 2.53. The molecule has 1 aromatic heterocycles. The molecule has 1 heterocycles. The van der Waals surface area contributed by atoms with Crippen LogP contribution in [0.15, 0.2) is 42.5 Å². The molecule has 0 saturated carbocycles. The van der Waals surface area contributed by atoms with Crippen molar-refractivity contribution >= 4 is 28.7 Å². The fourth-order valence-electron chi connectivity index (χ4n) is 1.56. The van der Waals surface area contributed by atoms with Gasteiger partial charge in [0.15, 0.2) is 0 Å². The molecule has 1 aromatic carbocycles. The highest BCUT2D eigenvalue weighted by atomic mass is 32.1. The summed E-state index contributed by atoms with van der Waals surface area (Å²) in [7, 11) is 1.81. The molecule has 0 saturated heterocycles. The van der Waals surface area contributed by atoms with Gasteiger partial charge in [0, 0.05) is 12.7 Å². The number of aromatic nitrogens is 1. The molecule has 2 aromatic rings. The molecule has 0 spiro atoms. The Morgan fingerprint density at radius 2 is 2.00 bits per heavy atom. The van der Waals surface area contributed by atoms with Gasteiger partial charge in [0.1, 0.15) is 16.6 Å². The van der Waals surface area contributed by atoms with E-state index in [-0.39, 0.29) is 10.8 Å². The van der Waals surface area contributed by atoms with Crippen molar-refractivity contribution in [1.82, 2.24) is 4.98 Å². The van der Waals surface area contributed by atoms with Gasteiger partial charge >= 0.3 is 0 Å². The van der Waals surface area contributed by atoms with Gasteiger partial charge in [0.05, 0.1) is 5.69 Å². The number of halogens is 1. The molecule has 0 unspecified atom stereocenters. The maximum atomic E-state index is 13.2. The molecule has 2 N–H and O–H groups in total. The van der Waals surface area contributed by atoms with Gasteiger partial charge in [0.2, 0.25) is 0 Å². The second-order valence-electron chi connectivity index (χ2n) is 3.78. The maximum Gasteiger partial charge on any atom is 0.133 e. The minimum atomic E-state index is -0.287. The number of nitrogens with zero attached hydrogens (tertiary/aromatic N) is 2. The monoisotopic (exact) mass is 261 g/mol. The number of anilines is 2. The number of thiocarbonyl (C=S) groups is 1. The summed E-state index contributed by atoms with van der Waals surface area (Å²) in [5, 5.41) is 0. The lowest BCUT2D eigenvalue weighted by molar-refractivity contribution is 0.628. The quantitative estimate of drug-likeness (QED) is 0.862. The fraction of sp³-hybridized carbons (Fsp3) is 0.0769. The first-order valence-electron chi connectivity index (χ1n) is 5.34. The Labute approximate surface area is 110 Å². The lowest BCUT2D eigenvalue weighted by atomic mass is 10.2. The van der Waals surface area contributed by atoms with Crippen molar-refractivity contribution in [1.29, 1.82) is 0 Å². The number of hydrogen-bond acceptors (Lipinski definition) is 3. The Kier molecular flexibility index (Phi) is 3.53. The van der Waals surface area contributed by atoms with Crippen LogP contribution in [-0.2, 0) is 0 Å². The second kappa shape index (κ2) is 5.10. The average molecular weight is 261 g/mol. The van der Waals surface area contributed by atoms with Gasteiger partial charge in [-0.15, -0.1) is 0 Å². The van der Waals surface area contributed by atoms with E-state index >= 15 is 0 Å². The van der Waals surface area contributed by atoms with Crippen LogP contribution in [-0.4, -0.2) is 17.0 Å². The van der Waals surface area contributed by atoms with E-state index in [9.17, 15) is 4.39 Å². The third kappa shape index (κ3) is 2.62. The van der Waals surface area contributed by atoms with Crippen molar-refractivity contribution in [2.45, 2.75) is 0 Å². The molecular formula is C13H12FN3S. The standard InChI is InChI=1S/C13H12FN3S/c1-17(10-5-2-4-9(14)8-10)12-7-3-6-11(16-12)13(15)18/h2-8H,1H3,(H2,15,18). The van der Waals surface area contributed by atoms with Crippen LogP contribution in [0.5, 0.6) is 0 Å². The molecule has 18 heavy (non-hydrogen) atoms. The topological polar surface area (TPSA) is 42.1 Å². The number of pyridine rings is 1. The smallest absolute Gasteiger partial charge is 0.133 e. The molecule has 0 aliphatic heterocycles. The predicted molar refractivity (Wildman–Crippen MR) is 74.6 cm³/mol. The molecule has 2 rings (SSSR count). The van der Waals surface area contributed by atoms with Gasteiger partial charge < -0.3 is 10.6 Å². The van der Waals surface area contributed by atoms with Gasteiger partial charge in [-0.2, -0.15) is 0 Å². The summed E-state index contributed by atoms with van der Waals surface area (Å²) in [4.78, 5) is 6.32. The number of nitrogens with two attached hydrogens (primary N) is 1. The Morgan fingerprint density at radius 1 is 1.28 bits per heavy atom. The van der Waals surface area contributed by atoms with Gasteiger partial charge in [-0.1, -0.05) is 24.4 Å². The van der Waals surface area contributed by atoms with E-state index < -0.39 is 0 Å². The van der Waals surface area contributed by atoms with Crippen LogP contribution in [0.4, 0.5) is 15.9 Å². The molecule has 3 nitrogen and oxygen atoms in total. The number of hydrogen-bond donors (Lipinski definition) is 1. The molecule has 92 valence electrons. The zero-order chi connectivity index (χ0) is 13.1. The summed E-state index contributed by atoms with van der Waals surface area (Å²) in [5.74, 6) is 0.371. The van der Waals surface area contributed by atoms with E-state index in [0.29, 0.717) is 17.2 Å². The third-order valence-corrected chi connectivity index (χ3v) is 2.74. The summed E-state index contributed by atoms with van der Waals surface area (Å²) < 4.78 is 13.2. The normalized spacial score (nSPS) is 10.1. The number of rotatable bonds is 3.